The van der Waals surface area contributed by atoms with Gasteiger partial charge in [0.1, 0.15) is 6.54 Å². The largest absolute Gasteiger partial charge is 0.298 e. The number of nitrogens with one attached hydrogen (secondary N) is 1. The lowest BCUT2D eigenvalue weighted by Gasteiger charge is -2.16. The maximum atomic E-state index is 12.6. The first-order valence-corrected chi connectivity index (χ1v) is 8.73. The molecule has 124 valence electrons. The van der Waals surface area contributed by atoms with Crippen LogP contribution < -0.4 is 10.3 Å². The molecule has 0 atom stereocenters. The van der Waals surface area contributed by atoms with Crippen molar-refractivity contribution < 1.29 is 9.59 Å². The molecule has 0 unspecified atom stereocenters. The van der Waals surface area contributed by atoms with Crippen molar-refractivity contribution in [1.82, 2.24) is 5.43 Å². The Morgan fingerprint density at radius 2 is 2.04 bits per heavy atom. The van der Waals surface area contributed by atoms with Crippen molar-refractivity contribution in [2.75, 3.05) is 11.4 Å². The molecule has 1 aliphatic rings. The zero-order valence-corrected chi connectivity index (χ0v) is 14.3. The Kier molecular flexibility index (Phi) is 3.82. The highest BCUT2D eigenvalue weighted by molar-refractivity contribution is 7.11. The summed E-state index contributed by atoms with van der Waals surface area (Å²) in [4.78, 5) is 27.3. The number of thiophene rings is 1. The summed E-state index contributed by atoms with van der Waals surface area (Å²) < 4.78 is 0. The molecule has 2 heterocycles. The minimum atomic E-state index is -0.330. The molecular weight excluding hydrogens is 334 g/mol. The van der Waals surface area contributed by atoms with E-state index in [0.29, 0.717) is 5.56 Å². The fraction of sp³-hybridized carbons (Fsp3) is 0.105. The number of amides is 2. The molecule has 1 aliphatic heterocycles. The normalized spacial score (nSPS) is 13.2. The molecule has 0 bridgehead atoms. The van der Waals surface area contributed by atoms with Crippen molar-refractivity contribution in [2.24, 2.45) is 5.10 Å². The Morgan fingerprint density at radius 1 is 1.24 bits per heavy atom. The Bertz CT molecular complexity index is 1020. The van der Waals surface area contributed by atoms with E-state index in [9.17, 15) is 9.59 Å². The molecule has 2 aromatic carbocycles. The maximum absolute atomic E-state index is 12.6. The number of hydrazone groups is 1. The lowest BCUT2D eigenvalue weighted by atomic mass is 10.1. The monoisotopic (exact) mass is 349 g/mol. The molecule has 0 saturated heterocycles. The molecule has 6 heteroatoms. The van der Waals surface area contributed by atoms with Crippen LogP contribution in [0.1, 0.15) is 20.8 Å². The fourth-order valence-electron chi connectivity index (χ4n) is 2.99. The van der Waals surface area contributed by atoms with Gasteiger partial charge in [-0.2, -0.15) is 5.10 Å². The van der Waals surface area contributed by atoms with Gasteiger partial charge < -0.3 is 0 Å². The second kappa shape index (κ2) is 6.14. The number of anilines is 1. The number of rotatable bonds is 4. The van der Waals surface area contributed by atoms with Gasteiger partial charge in [-0.1, -0.05) is 24.3 Å². The van der Waals surface area contributed by atoms with Crippen LogP contribution in [0.15, 0.2) is 52.9 Å². The Labute approximate surface area is 148 Å². The van der Waals surface area contributed by atoms with Crippen molar-refractivity contribution >= 4 is 45.8 Å². The third-order valence-corrected chi connectivity index (χ3v) is 5.18. The molecule has 0 spiro atoms. The van der Waals surface area contributed by atoms with Gasteiger partial charge in [0.05, 0.1) is 11.9 Å². The standard InChI is InChI=1S/C19H15N3O2S/c1-12-8-9-25-16(12)10-20-21-17(23)11-22-15-7-3-5-13-4-2-6-14(18(13)15)19(22)24/h2-10H,11H2,1H3,(H,21,23)/b20-10-. The van der Waals surface area contributed by atoms with E-state index in [1.54, 1.807) is 23.6 Å². The van der Waals surface area contributed by atoms with Crippen LogP contribution in [-0.4, -0.2) is 24.6 Å². The van der Waals surface area contributed by atoms with Crippen LogP contribution in [0, 0.1) is 6.92 Å². The predicted octanol–water partition coefficient (Wildman–Crippen LogP) is 3.32. The van der Waals surface area contributed by atoms with E-state index in [4.69, 9.17) is 0 Å². The number of aryl methyl sites for hydroxylation is 1. The van der Waals surface area contributed by atoms with Crippen LogP contribution in [0.5, 0.6) is 0 Å². The van der Waals surface area contributed by atoms with Crippen LogP contribution in [0.4, 0.5) is 5.69 Å². The lowest BCUT2D eigenvalue weighted by Crippen LogP contribution is -2.37. The number of carbonyl (C=O) groups is 2. The minimum absolute atomic E-state index is 0.0621. The van der Waals surface area contributed by atoms with E-state index in [2.05, 4.69) is 10.5 Å². The maximum Gasteiger partial charge on any atom is 0.260 e. The van der Waals surface area contributed by atoms with Gasteiger partial charge in [-0.3, -0.25) is 14.5 Å². The van der Waals surface area contributed by atoms with Crippen LogP contribution in [0.25, 0.3) is 10.8 Å². The quantitative estimate of drug-likeness (QED) is 0.580. The van der Waals surface area contributed by atoms with E-state index in [-0.39, 0.29) is 18.4 Å². The van der Waals surface area contributed by atoms with E-state index < -0.39 is 0 Å². The van der Waals surface area contributed by atoms with Gasteiger partial charge >= 0.3 is 0 Å². The molecule has 0 fully saturated rings. The van der Waals surface area contributed by atoms with Crippen molar-refractivity contribution in [3.8, 4) is 0 Å². The third kappa shape index (κ3) is 2.70. The molecule has 3 aromatic rings. The second-order valence-electron chi connectivity index (χ2n) is 5.83. The van der Waals surface area contributed by atoms with Gasteiger partial charge in [-0.15, -0.1) is 11.3 Å². The highest BCUT2D eigenvalue weighted by Crippen LogP contribution is 2.36. The number of hydrogen-bond acceptors (Lipinski definition) is 4. The summed E-state index contributed by atoms with van der Waals surface area (Å²) in [6.07, 6.45) is 1.62. The summed E-state index contributed by atoms with van der Waals surface area (Å²) in [7, 11) is 0. The Balaban J connectivity index is 1.51. The first kappa shape index (κ1) is 15.5. The second-order valence-corrected chi connectivity index (χ2v) is 6.78. The Morgan fingerprint density at radius 3 is 2.80 bits per heavy atom. The smallest absolute Gasteiger partial charge is 0.260 e. The molecule has 1 aromatic heterocycles. The zero-order valence-electron chi connectivity index (χ0n) is 13.5. The summed E-state index contributed by atoms with van der Waals surface area (Å²) in [5, 5.41) is 7.86. The fourth-order valence-corrected chi connectivity index (χ4v) is 3.78. The first-order chi connectivity index (χ1) is 12.1. The zero-order chi connectivity index (χ0) is 17.4. The van der Waals surface area contributed by atoms with Crippen LogP contribution in [0.2, 0.25) is 0 Å². The van der Waals surface area contributed by atoms with Crippen LogP contribution in [-0.2, 0) is 4.79 Å². The SMILES string of the molecule is Cc1ccsc1/C=N\NC(=O)CN1C(=O)c2cccc3cccc1c23. The van der Waals surface area contributed by atoms with Gasteiger partial charge in [0.25, 0.3) is 11.8 Å². The molecule has 5 nitrogen and oxygen atoms in total. The average Bonchev–Trinajstić information content (AvgIpc) is 3.14. The number of nitrogens with zero attached hydrogens (tertiary/aromatic N) is 2. The molecule has 2 amide bonds. The van der Waals surface area contributed by atoms with Crippen molar-refractivity contribution in [1.29, 1.82) is 0 Å². The summed E-state index contributed by atoms with van der Waals surface area (Å²) in [6.45, 7) is 1.92. The van der Waals surface area contributed by atoms with E-state index in [0.717, 1.165) is 26.9 Å². The molecule has 4 rings (SSSR count). The first-order valence-electron chi connectivity index (χ1n) is 7.85. The van der Waals surface area contributed by atoms with Crippen LogP contribution >= 0.6 is 11.3 Å². The molecule has 0 aliphatic carbocycles. The van der Waals surface area contributed by atoms with Gasteiger partial charge in [0.2, 0.25) is 0 Å². The molecule has 1 N–H and O–H groups in total. The number of hydrogen-bond donors (Lipinski definition) is 1. The minimum Gasteiger partial charge on any atom is -0.298 e. The molecule has 0 saturated carbocycles. The molecule has 25 heavy (non-hydrogen) atoms. The van der Waals surface area contributed by atoms with Gasteiger partial charge in [0, 0.05) is 15.8 Å². The van der Waals surface area contributed by atoms with E-state index in [1.807, 2.05) is 48.7 Å². The average molecular weight is 349 g/mol. The Hall–Kier alpha value is -2.99. The summed E-state index contributed by atoms with van der Waals surface area (Å²) >= 11 is 1.56. The van der Waals surface area contributed by atoms with E-state index >= 15 is 0 Å². The van der Waals surface area contributed by atoms with Gasteiger partial charge in [-0.25, -0.2) is 5.43 Å². The van der Waals surface area contributed by atoms with E-state index in [1.165, 1.54) is 4.90 Å². The van der Waals surface area contributed by atoms with Crippen molar-refractivity contribution in [2.45, 2.75) is 6.92 Å². The number of carbonyl (C=O) groups excluding carboxylic acids is 2. The van der Waals surface area contributed by atoms with Gasteiger partial charge in [-0.05, 0) is 41.5 Å². The van der Waals surface area contributed by atoms with Crippen molar-refractivity contribution in [3.63, 3.8) is 0 Å². The number of benzene rings is 2. The summed E-state index contributed by atoms with van der Waals surface area (Å²) in [5.74, 6) is -0.483. The highest BCUT2D eigenvalue weighted by atomic mass is 32.1. The molecule has 0 radical (unpaired) electrons. The predicted molar refractivity (Wildman–Crippen MR) is 100 cm³/mol. The highest BCUT2D eigenvalue weighted by Gasteiger charge is 2.30. The van der Waals surface area contributed by atoms with Crippen molar-refractivity contribution in [3.05, 3.63) is 63.8 Å². The summed E-state index contributed by atoms with van der Waals surface area (Å²) in [5.41, 5.74) is 5.02. The third-order valence-electron chi connectivity index (χ3n) is 4.22. The van der Waals surface area contributed by atoms with Crippen LogP contribution in [0.3, 0.4) is 0 Å². The topological polar surface area (TPSA) is 61.8 Å². The molecular formula is C19H15N3O2S. The summed E-state index contributed by atoms with van der Waals surface area (Å²) in [6, 6.07) is 13.3. The lowest BCUT2D eigenvalue weighted by molar-refractivity contribution is -0.119. The van der Waals surface area contributed by atoms with Gasteiger partial charge in [0.15, 0.2) is 0 Å².